The van der Waals surface area contributed by atoms with Gasteiger partial charge in [0.2, 0.25) is 10.0 Å². The van der Waals surface area contributed by atoms with Crippen LogP contribution in [0.4, 0.5) is 0 Å². The Morgan fingerprint density at radius 1 is 1.10 bits per heavy atom. The Morgan fingerprint density at radius 3 is 2.48 bits per heavy atom. The maximum atomic E-state index is 12.9. The summed E-state index contributed by atoms with van der Waals surface area (Å²) >= 11 is 12.3. The summed E-state index contributed by atoms with van der Waals surface area (Å²) in [5.74, 6) is 5.22. The normalized spacial score (nSPS) is 14.7. The molecule has 0 radical (unpaired) electrons. The van der Waals surface area contributed by atoms with Gasteiger partial charge in [-0.3, -0.25) is 4.79 Å². The lowest BCUT2D eigenvalue weighted by Crippen LogP contribution is -2.40. The largest absolute Gasteiger partial charge is 0.379 e. The van der Waals surface area contributed by atoms with E-state index in [2.05, 4.69) is 17.2 Å². The van der Waals surface area contributed by atoms with Gasteiger partial charge in [-0.2, -0.15) is 4.31 Å². The number of hydrogen-bond donors (Lipinski definition) is 1. The molecule has 1 aliphatic heterocycles. The SMILES string of the molecule is O=C(NCC#Cc1ccccc1)c1cc(S(=O)(=O)N2CCOCC2)c(Cl)cc1Cl. The maximum Gasteiger partial charge on any atom is 0.253 e. The highest BCUT2D eigenvalue weighted by Gasteiger charge is 2.30. The van der Waals surface area contributed by atoms with Gasteiger partial charge in [-0.1, -0.05) is 53.2 Å². The molecule has 1 amide bonds. The number of amides is 1. The summed E-state index contributed by atoms with van der Waals surface area (Å²) in [5, 5.41) is 2.64. The smallest absolute Gasteiger partial charge is 0.253 e. The second-order valence-electron chi connectivity index (χ2n) is 6.13. The van der Waals surface area contributed by atoms with E-state index in [4.69, 9.17) is 27.9 Å². The zero-order valence-electron chi connectivity index (χ0n) is 15.3. The van der Waals surface area contributed by atoms with Crippen LogP contribution in [0.3, 0.4) is 0 Å². The number of hydrogen-bond acceptors (Lipinski definition) is 4. The van der Waals surface area contributed by atoms with Crippen LogP contribution < -0.4 is 5.32 Å². The molecular formula is C20H18Cl2N2O4S. The molecule has 0 aliphatic carbocycles. The number of morpholine rings is 1. The van der Waals surface area contributed by atoms with Crippen LogP contribution in [-0.4, -0.2) is 51.5 Å². The van der Waals surface area contributed by atoms with Crippen molar-refractivity contribution in [2.45, 2.75) is 4.90 Å². The van der Waals surface area contributed by atoms with Crippen molar-refractivity contribution < 1.29 is 17.9 Å². The topological polar surface area (TPSA) is 75.7 Å². The van der Waals surface area contributed by atoms with Crippen molar-refractivity contribution in [2.24, 2.45) is 0 Å². The van der Waals surface area contributed by atoms with E-state index in [-0.39, 0.29) is 40.1 Å². The Morgan fingerprint density at radius 2 is 1.79 bits per heavy atom. The summed E-state index contributed by atoms with van der Waals surface area (Å²) in [4.78, 5) is 12.3. The molecule has 1 fully saturated rings. The molecule has 1 heterocycles. The van der Waals surface area contributed by atoms with Crippen LogP contribution in [0.1, 0.15) is 15.9 Å². The fraction of sp³-hybridized carbons (Fsp3) is 0.250. The molecule has 29 heavy (non-hydrogen) atoms. The van der Waals surface area contributed by atoms with Crippen LogP contribution in [-0.2, 0) is 14.8 Å². The summed E-state index contributed by atoms with van der Waals surface area (Å²) in [6.07, 6.45) is 0. The van der Waals surface area contributed by atoms with Gasteiger partial charge in [-0.05, 0) is 24.3 Å². The Labute approximate surface area is 179 Å². The minimum Gasteiger partial charge on any atom is -0.379 e. The molecule has 0 bridgehead atoms. The van der Waals surface area contributed by atoms with E-state index in [1.54, 1.807) is 0 Å². The van der Waals surface area contributed by atoms with E-state index < -0.39 is 15.9 Å². The molecule has 3 rings (SSSR count). The summed E-state index contributed by atoms with van der Waals surface area (Å²) in [6, 6.07) is 11.8. The van der Waals surface area contributed by atoms with Gasteiger partial charge in [0, 0.05) is 18.7 Å². The van der Waals surface area contributed by atoms with Crippen molar-refractivity contribution in [1.82, 2.24) is 9.62 Å². The molecule has 0 aromatic heterocycles. The number of benzene rings is 2. The van der Waals surface area contributed by atoms with Crippen LogP contribution in [0.2, 0.25) is 10.0 Å². The number of ether oxygens (including phenoxy) is 1. The number of rotatable bonds is 4. The Bertz CT molecular complexity index is 1060. The molecule has 0 unspecified atom stereocenters. The van der Waals surface area contributed by atoms with Gasteiger partial charge in [0.15, 0.2) is 0 Å². The standard InChI is InChI=1S/C20H18Cl2N2O4S/c21-17-14-18(22)19(29(26,27)24-9-11-28-12-10-24)13-16(17)20(25)23-8-4-7-15-5-2-1-3-6-15/h1-3,5-6,13-14H,8-12H2,(H,23,25). The number of nitrogens with zero attached hydrogens (tertiary/aromatic N) is 1. The third kappa shape index (κ3) is 5.30. The summed E-state index contributed by atoms with van der Waals surface area (Å²) in [6.45, 7) is 1.13. The first-order valence-corrected chi connectivity index (χ1v) is 11.0. The minimum absolute atomic E-state index is 0.0180. The summed E-state index contributed by atoms with van der Waals surface area (Å²) in [7, 11) is -3.87. The van der Waals surface area contributed by atoms with Gasteiger partial charge in [0.25, 0.3) is 5.91 Å². The van der Waals surface area contributed by atoms with E-state index in [1.807, 2.05) is 30.3 Å². The molecule has 152 valence electrons. The van der Waals surface area contributed by atoms with Crippen molar-refractivity contribution in [3.63, 3.8) is 0 Å². The van der Waals surface area contributed by atoms with Crippen LogP contribution in [0.5, 0.6) is 0 Å². The molecule has 2 aromatic carbocycles. The zero-order chi connectivity index (χ0) is 20.9. The van der Waals surface area contributed by atoms with E-state index >= 15 is 0 Å². The third-order valence-electron chi connectivity index (χ3n) is 4.20. The van der Waals surface area contributed by atoms with Crippen molar-refractivity contribution in [1.29, 1.82) is 0 Å². The molecule has 6 nitrogen and oxygen atoms in total. The molecule has 1 aliphatic rings. The van der Waals surface area contributed by atoms with Crippen molar-refractivity contribution in [3.05, 3.63) is 63.6 Å². The van der Waals surface area contributed by atoms with E-state index in [9.17, 15) is 13.2 Å². The second-order valence-corrected chi connectivity index (χ2v) is 8.85. The third-order valence-corrected chi connectivity index (χ3v) is 6.87. The molecule has 0 saturated carbocycles. The highest BCUT2D eigenvalue weighted by molar-refractivity contribution is 7.89. The minimum atomic E-state index is -3.87. The Hall–Kier alpha value is -2.08. The fourth-order valence-corrected chi connectivity index (χ4v) is 4.96. The lowest BCUT2D eigenvalue weighted by atomic mass is 10.2. The lowest BCUT2D eigenvalue weighted by molar-refractivity contribution is 0.0730. The fourth-order valence-electron chi connectivity index (χ4n) is 2.71. The highest BCUT2D eigenvalue weighted by Crippen LogP contribution is 2.31. The summed E-state index contributed by atoms with van der Waals surface area (Å²) < 4.78 is 32.3. The monoisotopic (exact) mass is 452 g/mol. The van der Waals surface area contributed by atoms with E-state index in [0.717, 1.165) is 5.56 Å². The molecule has 2 aromatic rings. The van der Waals surface area contributed by atoms with Gasteiger partial charge in [0.1, 0.15) is 4.90 Å². The summed E-state index contributed by atoms with van der Waals surface area (Å²) in [5.41, 5.74) is 0.842. The zero-order valence-corrected chi connectivity index (χ0v) is 17.6. The van der Waals surface area contributed by atoms with E-state index in [1.165, 1.54) is 16.4 Å². The maximum absolute atomic E-state index is 12.9. The van der Waals surface area contributed by atoms with Gasteiger partial charge in [-0.25, -0.2) is 8.42 Å². The molecule has 9 heteroatoms. The van der Waals surface area contributed by atoms with Gasteiger partial charge in [0.05, 0.1) is 35.4 Å². The average Bonchev–Trinajstić information content (AvgIpc) is 2.72. The molecule has 1 saturated heterocycles. The van der Waals surface area contributed by atoms with Crippen molar-refractivity contribution in [2.75, 3.05) is 32.8 Å². The number of carbonyl (C=O) groups excluding carboxylic acids is 1. The Kier molecular flexibility index (Phi) is 7.17. The van der Waals surface area contributed by atoms with Crippen LogP contribution in [0.15, 0.2) is 47.4 Å². The predicted octanol–water partition coefficient (Wildman–Crippen LogP) is 2.80. The average molecular weight is 453 g/mol. The van der Waals surface area contributed by atoms with Gasteiger partial charge in [-0.15, -0.1) is 0 Å². The van der Waals surface area contributed by atoms with Gasteiger partial charge >= 0.3 is 0 Å². The quantitative estimate of drug-likeness (QED) is 0.723. The van der Waals surface area contributed by atoms with Crippen LogP contribution in [0, 0.1) is 11.8 Å². The number of nitrogens with one attached hydrogen (secondary N) is 1. The first kappa shape index (κ1) is 21.6. The van der Waals surface area contributed by atoms with Gasteiger partial charge < -0.3 is 10.1 Å². The number of sulfonamides is 1. The molecular weight excluding hydrogens is 435 g/mol. The number of halogens is 2. The highest BCUT2D eigenvalue weighted by atomic mass is 35.5. The van der Waals surface area contributed by atoms with Crippen LogP contribution in [0.25, 0.3) is 0 Å². The first-order chi connectivity index (χ1) is 13.9. The van der Waals surface area contributed by atoms with Crippen molar-refractivity contribution in [3.8, 4) is 11.8 Å². The lowest BCUT2D eigenvalue weighted by Gasteiger charge is -2.26. The second kappa shape index (κ2) is 9.61. The number of carbonyl (C=O) groups is 1. The van der Waals surface area contributed by atoms with E-state index in [0.29, 0.717) is 13.2 Å². The molecule has 0 spiro atoms. The van der Waals surface area contributed by atoms with Crippen LogP contribution >= 0.6 is 23.2 Å². The Balaban J connectivity index is 1.78. The first-order valence-electron chi connectivity index (χ1n) is 8.78. The molecule has 1 N–H and O–H groups in total. The predicted molar refractivity (Wildman–Crippen MR) is 112 cm³/mol. The van der Waals surface area contributed by atoms with Crippen molar-refractivity contribution >= 4 is 39.1 Å². The molecule has 0 atom stereocenters.